The zero-order valence-corrected chi connectivity index (χ0v) is 14.6. The second-order valence-corrected chi connectivity index (χ2v) is 6.49. The lowest BCUT2D eigenvalue weighted by Gasteiger charge is -2.06. The van der Waals surface area contributed by atoms with Crippen LogP contribution < -0.4 is 5.32 Å². The summed E-state index contributed by atoms with van der Waals surface area (Å²) >= 11 is 5.62. The third-order valence-electron chi connectivity index (χ3n) is 2.66. The Morgan fingerprint density at radius 2 is 1.70 bits per heavy atom. The van der Waals surface area contributed by atoms with Gasteiger partial charge in [-0.3, -0.25) is 4.79 Å². The average Bonchev–Trinajstić information content (AvgIpc) is 2.42. The number of halogens is 2. The first kappa shape index (κ1) is 15.3. The summed E-state index contributed by atoms with van der Waals surface area (Å²) in [7, 11) is 0. The smallest absolute Gasteiger partial charge is 0.187 e. The molecule has 0 aromatic heterocycles. The van der Waals surface area contributed by atoms with Gasteiger partial charge in [0.15, 0.2) is 5.78 Å². The molecule has 0 amide bonds. The van der Waals surface area contributed by atoms with Gasteiger partial charge < -0.3 is 5.32 Å². The highest BCUT2D eigenvalue weighted by Gasteiger charge is 2.03. The van der Waals surface area contributed by atoms with Crippen LogP contribution in [0.4, 0.5) is 5.69 Å². The molecule has 0 radical (unpaired) electrons. The molecule has 0 heterocycles. The summed E-state index contributed by atoms with van der Waals surface area (Å²) in [6.45, 7) is 1.88. The number of allylic oxidation sites excluding steroid dienone is 2. The topological polar surface area (TPSA) is 29.1 Å². The van der Waals surface area contributed by atoms with Crippen molar-refractivity contribution in [2.75, 3.05) is 5.32 Å². The first-order valence-electron chi connectivity index (χ1n) is 6.05. The molecular weight excluding hydrogens is 429 g/mol. The third-order valence-corrected chi connectivity index (χ3v) is 3.91. The maximum Gasteiger partial charge on any atom is 0.187 e. The molecule has 102 valence electrons. The van der Waals surface area contributed by atoms with E-state index in [-0.39, 0.29) is 5.78 Å². The number of hydrogen-bond acceptors (Lipinski definition) is 2. The Morgan fingerprint density at radius 1 is 1.10 bits per heavy atom. The van der Waals surface area contributed by atoms with Crippen molar-refractivity contribution in [3.8, 4) is 0 Å². The van der Waals surface area contributed by atoms with Gasteiger partial charge in [0.25, 0.3) is 0 Å². The lowest BCUT2D eigenvalue weighted by atomic mass is 10.1. The highest BCUT2D eigenvalue weighted by molar-refractivity contribution is 14.1. The molecule has 0 unspecified atom stereocenters. The van der Waals surface area contributed by atoms with E-state index in [4.69, 9.17) is 0 Å². The number of carbonyl (C=O) groups is 1. The van der Waals surface area contributed by atoms with Crippen LogP contribution in [0.25, 0.3) is 0 Å². The molecule has 0 fully saturated rings. The number of benzene rings is 2. The van der Waals surface area contributed by atoms with Crippen LogP contribution in [-0.4, -0.2) is 5.78 Å². The van der Waals surface area contributed by atoms with Crippen LogP contribution in [-0.2, 0) is 0 Å². The largest absolute Gasteiger partial charge is 0.359 e. The van der Waals surface area contributed by atoms with Gasteiger partial charge in [-0.1, -0.05) is 15.9 Å². The molecule has 20 heavy (non-hydrogen) atoms. The molecule has 0 atom stereocenters. The van der Waals surface area contributed by atoms with Crippen LogP contribution in [0.3, 0.4) is 0 Å². The SMILES string of the molecule is C/C(=C\C(=O)c1ccc(Br)cc1)Nc1ccc(I)cc1. The van der Waals surface area contributed by atoms with Gasteiger partial charge in [0, 0.05) is 31.1 Å². The molecule has 2 nitrogen and oxygen atoms in total. The molecular formula is C16H13BrINO. The number of ketones is 1. The second-order valence-electron chi connectivity index (χ2n) is 4.33. The minimum absolute atomic E-state index is 0.00647. The summed E-state index contributed by atoms with van der Waals surface area (Å²) in [4.78, 5) is 12.1. The summed E-state index contributed by atoms with van der Waals surface area (Å²) in [5, 5.41) is 3.21. The lowest BCUT2D eigenvalue weighted by Crippen LogP contribution is -2.01. The van der Waals surface area contributed by atoms with Crippen molar-refractivity contribution in [2.24, 2.45) is 0 Å². The van der Waals surface area contributed by atoms with E-state index in [0.717, 1.165) is 15.9 Å². The zero-order chi connectivity index (χ0) is 14.5. The summed E-state index contributed by atoms with van der Waals surface area (Å²) in [6, 6.07) is 15.4. The molecule has 0 saturated carbocycles. The van der Waals surface area contributed by atoms with Crippen molar-refractivity contribution >= 4 is 50.0 Å². The highest BCUT2D eigenvalue weighted by atomic mass is 127. The predicted octanol–water partition coefficient (Wildman–Crippen LogP) is 5.25. The molecule has 0 saturated heterocycles. The lowest BCUT2D eigenvalue weighted by molar-refractivity contribution is 0.104. The van der Waals surface area contributed by atoms with E-state index in [1.807, 2.05) is 43.3 Å². The molecule has 4 heteroatoms. The van der Waals surface area contributed by atoms with Crippen LogP contribution in [0.2, 0.25) is 0 Å². The van der Waals surface area contributed by atoms with Gasteiger partial charge in [0.2, 0.25) is 0 Å². The van der Waals surface area contributed by atoms with Gasteiger partial charge in [0.1, 0.15) is 0 Å². The van der Waals surface area contributed by atoms with Crippen molar-refractivity contribution in [3.63, 3.8) is 0 Å². The molecule has 0 aliphatic rings. The van der Waals surface area contributed by atoms with E-state index in [0.29, 0.717) is 5.56 Å². The molecule has 2 rings (SSSR count). The van der Waals surface area contributed by atoms with Crippen LogP contribution in [0.5, 0.6) is 0 Å². The van der Waals surface area contributed by atoms with Gasteiger partial charge in [-0.15, -0.1) is 0 Å². The number of carbonyl (C=O) groups excluding carboxylic acids is 1. The van der Waals surface area contributed by atoms with Crippen LogP contribution >= 0.6 is 38.5 Å². The van der Waals surface area contributed by atoms with E-state index < -0.39 is 0 Å². The molecule has 0 spiro atoms. The Balaban J connectivity index is 2.07. The third kappa shape index (κ3) is 4.45. The van der Waals surface area contributed by atoms with Crippen molar-refractivity contribution in [1.29, 1.82) is 0 Å². The zero-order valence-electron chi connectivity index (χ0n) is 10.9. The molecule has 0 aliphatic carbocycles. The summed E-state index contributed by atoms with van der Waals surface area (Å²) in [6.07, 6.45) is 1.61. The van der Waals surface area contributed by atoms with Gasteiger partial charge in [-0.05, 0) is 78.0 Å². The Hall–Kier alpha value is -1.14. The van der Waals surface area contributed by atoms with E-state index in [2.05, 4.69) is 43.8 Å². The number of hydrogen-bond donors (Lipinski definition) is 1. The van der Waals surface area contributed by atoms with Crippen LogP contribution in [0.1, 0.15) is 17.3 Å². The number of rotatable bonds is 4. The monoisotopic (exact) mass is 441 g/mol. The molecule has 0 bridgehead atoms. The Labute approximate surface area is 140 Å². The minimum atomic E-state index is -0.00647. The van der Waals surface area contributed by atoms with Gasteiger partial charge in [-0.25, -0.2) is 0 Å². The number of anilines is 1. The summed E-state index contributed by atoms with van der Waals surface area (Å²) in [5.74, 6) is -0.00647. The second kappa shape index (κ2) is 7.04. The molecule has 0 aliphatic heterocycles. The van der Waals surface area contributed by atoms with E-state index in [1.165, 1.54) is 3.57 Å². The maximum absolute atomic E-state index is 12.1. The Bertz CT molecular complexity index is 633. The molecule has 2 aromatic carbocycles. The van der Waals surface area contributed by atoms with Gasteiger partial charge >= 0.3 is 0 Å². The van der Waals surface area contributed by atoms with Crippen molar-refractivity contribution in [3.05, 3.63) is 73.9 Å². The van der Waals surface area contributed by atoms with Crippen molar-refractivity contribution in [2.45, 2.75) is 6.92 Å². The quantitative estimate of drug-likeness (QED) is 0.398. The normalized spacial score (nSPS) is 11.2. The van der Waals surface area contributed by atoms with Gasteiger partial charge in [-0.2, -0.15) is 0 Å². The fourth-order valence-corrected chi connectivity index (χ4v) is 2.32. The summed E-state index contributed by atoms with van der Waals surface area (Å²) in [5.41, 5.74) is 2.47. The standard InChI is InChI=1S/C16H13BrINO/c1-11(19-15-8-6-14(18)7-9-15)10-16(20)12-2-4-13(17)5-3-12/h2-10,19H,1H3/b11-10+. The first-order valence-corrected chi connectivity index (χ1v) is 7.92. The number of nitrogens with one attached hydrogen (secondary N) is 1. The van der Waals surface area contributed by atoms with Crippen molar-refractivity contribution in [1.82, 2.24) is 0 Å². The molecule has 1 N–H and O–H groups in total. The fraction of sp³-hybridized carbons (Fsp3) is 0.0625. The minimum Gasteiger partial charge on any atom is -0.359 e. The Morgan fingerprint density at radius 3 is 2.30 bits per heavy atom. The highest BCUT2D eigenvalue weighted by Crippen LogP contribution is 2.15. The summed E-state index contributed by atoms with van der Waals surface area (Å²) < 4.78 is 2.15. The Kier molecular flexibility index (Phi) is 5.37. The van der Waals surface area contributed by atoms with Crippen LogP contribution in [0, 0.1) is 3.57 Å². The molecule has 2 aromatic rings. The van der Waals surface area contributed by atoms with E-state index in [9.17, 15) is 4.79 Å². The maximum atomic E-state index is 12.1. The van der Waals surface area contributed by atoms with E-state index >= 15 is 0 Å². The van der Waals surface area contributed by atoms with E-state index in [1.54, 1.807) is 18.2 Å². The predicted molar refractivity (Wildman–Crippen MR) is 95.0 cm³/mol. The van der Waals surface area contributed by atoms with Crippen molar-refractivity contribution < 1.29 is 4.79 Å². The fourth-order valence-electron chi connectivity index (χ4n) is 1.69. The van der Waals surface area contributed by atoms with Crippen LogP contribution in [0.15, 0.2) is 64.8 Å². The average molecular weight is 442 g/mol. The first-order chi connectivity index (χ1) is 9.54. The van der Waals surface area contributed by atoms with Gasteiger partial charge in [0.05, 0.1) is 0 Å².